The smallest absolute Gasteiger partial charge is 0.277 e. The molecule has 0 saturated heterocycles. The Hall–Kier alpha value is -3.52. The summed E-state index contributed by atoms with van der Waals surface area (Å²) in [5, 5.41) is 15.4. The number of pyridine rings is 1. The third-order valence-corrected chi connectivity index (χ3v) is 3.80. The van der Waals surface area contributed by atoms with Crippen LogP contribution in [-0.4, -0.2) is 28.6 Å². The van der Waals surface area contributed by atoms with Crippen molar-refractivity contribution in [2.75, 3.05) is 6.61 Å². The lowest BCUT2D eigenvalue weighted by Crippen LogP contribution is -2.24. The highest BCUT2D eigenvalue weighted by Crippen LogP contribution is 2.23. The highest BCUT2D eigenvalue weighted by molar-refractivity contribution is 6.32. The van der Waals surface area contributed by atoms with Crippen LogP contribution in [0.15, 0.2) is 59.7 Å². The van der Waals surface area contributed by atoms with Crippen molar-refractivity contribution in [1.29, 1.82) is 0 Å². The number of fused-ring (bicyclic) bond motifs is 1. The van der Waals surface area contributed by atoms with Crippen LogP contribution in [0.2, 0.25) is 5.15 Å². The Labute approximate surface area is 158 Å². The zero-order valence-electron chi connectivity index (χ0n) is 13.8. The maximum atomic E-state index is 11.7. The number of benzene rings is 2. The number of nitro benzene ring substituents is 1. The molecule has 0 spiro atoms. The number of hydrogen-bond acceptors (Lipinski definition) is 6. The molecule has 0 saturated carbocycles. The van der Waals surface area contributed by atoms with Crippen molar-refractivity contribution >= 4 is 40.3 Å². The van der Waals surface area contributed by atoms with Gasteiger partial charge >= 0.3 is 0 Å². The summed E-state index contributed by atoms with van der Waals surface area (Å²) >= 11 is 6.08. The van der Waals surface area contributed by atoms with Crippen LogP contribution in [0, 0.1) is 10.1 Å². The van der Waals surface area contributed by atoms with Crippen molar-refractivity contribution in [3.8, 4) is 5.75 Å². The molecule has 0 atom stereocenters. The SMILES string of the molecule is O=C(COc1ccccc1)N/N=C\c1cc2ccc([N+](=O)[O-])cc2nc1Cl. The topological polar surface area (TPSA) is 107 Å². The predicted molar refractivity (Wildman–Crippen MR) is 101 cm³/mol. The second kappa shape index (κ2) is 8.24. The first-order chi connectivity index (χ1) is 13.0. The van der Waals surface area contributed by atoms with Gasteiger partial charge in [0.05, 0.1) is 16.7 Å². The molecule has 0 aliphatic heterocycles. The fraction of sp³-hybridized carbons (Fsp3) is 0.0556. The maximum absolute atomic E-state index is 11.7. The van der Waals surface area contributed by atoms with Gasteiger partial charge in [0.15, 0.2) is 6.61 Å². The summed E-state index contributed by atoms with van der Waals surface area (Å²) in [5.41, 5.74) is 3.11. The van der Waals surface area contributed by atoms with Gasteiger partial charge in [0.2, 0.25) is 0 Å². The van der Waals surface area contributed by atoms with Crippen molar-refractivity contribution in [2.45, 2.75) is 0 Å². The quantitative estimate of drug-likeness (QED) is 0.303. The number of hydrogen-bond donors (Lipinski definition) is 1. The van der Waals surface area contributed by atoms with Crippen LogP contribution in [-0.2, 0) is 4.79 Å². The van der Waals surface area contributed by atoms with Crippen LogP contribution in [0.25, 0.3) is 10.9 Å². The van der Waals surface area contributed by atoms with Crippen LogP contribution in [0.1, 0.15) is 5.56 Å². The van der Waals surface area contributed by atoms with Crippen molar-refractivity contribution < 1.29 is 14.5 Å². The number of nitro groups is 1. The van der Waals surface area contributed by atoms with Crippen LogP contribution in [0.3, 0.4) is 0 Å². The van der Waals surface area contributed by atoms with Crippen molar-refractivity contribution in [3.05, 3.63) is 75.4 Å². The first-order valence-corrected chi connectivity index (χ1v) is 8.15. The molecule has 0 aliphatic carbocycles. The number of carbonyl (C=O) groups excluding carboxylic acids is 1. The number of aromatic nitrogens is 1. The van der Waals surface area contributed by atoms with E-state index >= 15 is 0 Å². The maximum Gasteiger partial charge on any atom is 0.277 e. The molecule has 9 heteroatoms. The van der Waals surface area contributed by atoms with Gasteiger partial charge < -0.3 is 4.74 Å². The van der Waals surface area contributed by atoms with Gasteiger partial charge in [-0.25, -0.2) is 10.4 Å². The normalized spacial score (nSPS) is 10.9. The van der Waals surface area contributed by atoms with Gasteiger partial charge in [-0.2, -0.15) is 5.10 Å². The fourth-order valence-corrected chi connectivity index (χ4v) is 2.42. The third kappa shape index (κ3) is 4.77. The molecule has 3 rings (SSSR count). The number of nitrogens with one attached hydrogen (secondary N) is 1. The van der Waals surface area contributed by atoms with E-state index in [0.29, 0.717) is 22.2 Å². The molecule has 2 aromatic carbocycles. The number of halogens is 1. The van der Waals surface area contributed by atoms with Crippen LogP contribution < -0.4 is 10.2 Å². The van der Waals surface area contributed by atoms with Gasteiger partial charge in [0.1, 0.15) is 10.9 Å². The summed E-state index contributed by atoms with van der Waals surface area (Å²) in [7, 11) is 0. The second-order valence-electron chi connectivity index (χ2n) is 5.40. The van der Waals surface area contributed by atoms with Gasteiger partial charge in [-0.3, -0.25) is 14.9 Å². The Morgan fingerprint density at radius 3 is 2.78 bits per heavy atom. The third-order valence-electron chi connectivity index (χ3n) is 3.50. The zero-order valence-corrected chi connectivity index (χ0v) is 14.6. The van der Waals surface area contributed by atoms with E-state index in [0.717, 1.165) is 0 Å². The van der Waals surface area contributed by atoms with E-state index in [-0.39, 0.29) is 17.4 Å². The number of amides is 1. The molecule has 0 bridgehead atoms. The van der Waals surface area contributed by atoms with E-state index < -0.39 is 10.8 Å². The minimum absolute atomic E-state index is 0.0711. The van der Waals surface area contributed by atoms with Crippen LogP contribution in [0.5, 0.6) is 5.75 Å². The van der Waals surface area contributed by atoms with Gasteiger partial charge in [-0.15, -0.1) is 0 Å². The van der Waals surface area contributed by atoms with E-state index in [1.165, 1.54) is 18.3 Å². The first kappa shape index (κ1) is 18.3. The number of non-ortho nitro benzene ring substituents is 1. The van der Waals surface area contributed by atoms with Gasteiger partial charge in [0, 0.05) is 23.1 Å². The van der Waals surface area contributed by atoms with Crippen LogP contribution in [0.4, 0.5) is 5.69 Å². The summed E-state index contributed by atoms with van der Waals surface area (Å²) in [6, 6.07) is 14.9. The molecule has 0 radical (unpaired) electrons. The lowest BCUT2D eigenvalue weighted by molar-refractivity contribution is -0.384. The largest absolute Gasteiger partial charge is 0.484 e. The minimum atomic E-state index is -0.503. The number of para-hydroxylation sites is 1. The highest BCUT2D eigenvalue weighted by atomic mass is 35.5. The Morgan fingerprint density at radius 1 is 1.26 bits per heavy atom. The summed E-state index contributed by atoms with van der Waals surface area (Å²) in [4.78, 5) is 26.2. The van der Waals surface area contributed by atoms with Gasteiger partial charge in [-0.05, 0) is 24.3 Å². The fourth-order valence-electron chi connectivity index (χ4n) is 2.22. The summed E-state index contributed by atoms with van der Waals surface area (Å²) in [5.74, 6) is 0.142. The Kier molecular flexibility index (Phi) is 5.58. The van der Waals surface area contributed by atoms with Crippen LogP contribution >= 0.6 is 11.6 Å². The molecule has 8 nitrogen and oxygen atoms in total. The summed E-state index contributed by atoms with van der Waals surface area (Å²) < 4.78 is 5.30. The molecule has 27 heavy (non-hydrogen) atoms. The molecule has 0 aliphatic rings. The standard InChI is InChI=1S/C18H13ClN4O4/c19-18-13(8-12-6-7-14(23(25)26)9-16(12)21-18)10-20-22-17(24)11-27-15-4-2-1-3-5-15/h1-10H,11H2,(H,22,24)/b20-10-. The second-order valence-corrected chi connectivity index (χ2v) is 5.76. The Balaban J connectivity index is 1.65. The molecule has 136 valence electrons. The zero-order chi connectivity index (χ0) is 19.2. The highest BCUT2D eigenvalue weighted by Gasteiger charge is 2.09. The lowest BCUT2D eigenvalue weighted by Gasteiger charge is -2.04. The predicted octanol–water partition coefficient (Wildman–Crippen LogP) is 3.33. The van der Waals surface area contributed by atoms with E-state index in [1.807, 2.05) is 6.07 Å². The number of hydrazone groups is 1. The van der Waals surface area contributed by atoms with E-state index in [9.17, 15) is 14.9 Å². The Morgan fingerprint density at radius 2 is 2.04 bits per heavy atom. The molecule has 0 fully saturated rings. The van der Waals surface area contributed by atoms with Gasteiger partial charge in [0.25, 0.3) is 11.6 Å². The number of rotatable bonds is 6. The van der Waals surface area contributed by atoms with Gasteiger partial charge in [-0.1, -0.05) is 29.8 Å². The van der Waals surface area contributed by atoms with E-state index in [2.05, 4.69) is 15.5 Å². The Bertz CT molecular complexity index is 1020. The molecule has 1 heterocycles. The average Bonchev–Trinajstić information content (AvgIpc) is 2.67. The lowest BCUT2D eigenvalue weighted by atomic mass is 10.1. The summed E-state index contributed by atoms with van der Waals surface area (Å²) in [6.45, 7) is -0.186. The number of carbonyl (C=O) groups is 1. The monoisotopic (exact) mass is 384 g/mol. The number of nitrogens with zero attached hydrogens (tertiary/aromatic N) is 3. The molecular weight excluding hydrogens is 372 g/mol. The first-order valence-electron chi connectivity index (χ1n) is 7.77. The van der Waals surface area contributed by atoms with Crippen molar-refractivity contribution in [2.24, 2.45) is 5.10 Å². The molecule has 3 aromatic rings. The molecular formula is C18H13ClN4O4. The molecule has 1 N–H and O–H groups in total. The van der Waals surface area contributed by atoms with Crippen molar-refractivity contribution in [1.82, 2.24) is 10.4 Å². The molecule has 1 aromatic heterocycles. The van der Waals surface area contributed by atoms with Crippen molar-refractivity contribution in [3.63, 3.8) is 0 Å². The summed E-state index contributed by atoms with van der Waals surface area (Å²) in [6.07, 6.45) is 1.34. The molecule has 1 amide bonds. The van der Waals surface area contributed by atoms with E-state index in [1.54, 1.807) is 36.4 Å². The molecule has 0 unspecified atom stereocenters. The van der Waals surface area contributed by atoms with E-state index in [4.69, 9.17) is 16.3 Å². The average molecular weight is 385 g/mol. The minimum Gasteiger partial charge on any atom is -0.484 e. The number of ether oxygens (including phenoxy) is 1.